The highest BCUT2D eigenvalue weighted by Crippen LogP contribution is 2.07. The minimum atomic E-state index is -0.873. The number of carbonyl (C=O) groups excluding carboxylic acids is 3. The third-order valence-electron chi connectivity index (χ3n) is 1.51. The van der Waals surface area contributed by atoms with Crippen LogP contribution in [0.15, 0.2) is 0 Å². The van der Waals surface area contributed by atoms with Crippen molar-refractivity contribution in [3.8, 4) is 0 Å². The number of alkyl carbamates (subject to hydrolysis) is 1. The summed E-state index contributed by atoms with van der Waals surface area (Å²) in [4.78, 5) is 32.2. The van der Waals surface area contributed by atoms with Crippen molar-refractivity contribution in [2.45, 2.75) is 45.3 Å². The molecule has 1 unspecified atom stereocenters. The van der Waals surface area contributed by atoms with Gasteiger partial charge < -0.3 is 15.8 Å². The quantitative estimate of drug-likeness (QED) is 0.706. The number of amides is 2. The van der Waals surface area contributed by atoms with Crippen LogP contribution < -0.4 is 11.1 Å². The average molecular weight is 229 g/mol. The first-order valence-electron chi connectivity index (χ1n) is 4.90. The summed E-state index contributed by atoms with van der Waals surface area (Å²) in [6, 6.07) is -0.873. The molecule has 1 radical (unpaired) electrons. The smallest absolute Gasteiger partial charge is 0.408 e. The number of nitrogens with one attached hydrogen (secondary N) is 1. The van der Waals surface area contributed by atoms with Crippen molar-refractivity contribution >= 4 is 18.3 Å². The van der Waals surface area contributed by atoms with E-state index in [0.29, 0.717) is 0 Å². The van der Waals surface area contributed by atoms with Crippen LogP contribution in [0, 0.1) is 0 Å². The van der Waals surface area contributed by atoms with Gasteiger partial charge in [-0.25, -0.2) is 4.79 Å². The molecule has 0 spiro atoms. The van der Waals surface area contributed by atoms with Crippen molar-refractivity contribution < 1.29 is 19.1 Å². The molecule has 0 aromatic heterocycles. The molecule has 0 saturated heterocycles. The molecule has 6 nitrogen and oxygen atoms in total. The van der Waals surface area contributed by atoms with Crippen molar-refractivity contribution in [1.82, 2.24) is 5.32 Å². The van der Waals surface area contributed by atoms with E-state index in [1.165, 1.54) is 0 Å². The molecule has 0 bridgehead atoms. The third kappa shape index (κ3) is 7.78. The maximum Gasteiger partial charge on any atom is 0.408 e. The molecule has 0 aliphatic carbocycles. The molecule has 0 aliphatic rings. The van der Waals surface area contributed by atoms with Crippen LogP contribution in [0.4, 0.5) is 4.79 Å². The molecule has 0 aromatic rings. The molecule has 0 heterocycles. The predicted molar refractivity (Wildman–Crippen MR) is 57.3 cm³/mol. The van der Waals surface area contributed by atoms with Crippen LogP contribution in [-0.2, 0) is 14.3 Å². The van der Waals surface area contributed by atoms with Gasteiger partial charge in [0.15, 0.2) is 0 Å². The van der Waals surface area contributed by atoms with Crippen LogP contribution in [0.5, 0.6) is 0 Å². The average Bonchev–Trinajstić information content (AvgIpc) is 2.08. The summed E-state index contributed by atoms with van der Waals surface area (Å²) in [7, 11) is 0. The van der Waals surface area contributed by atoms with Gasteiger partial charge in [0.1, 0.15) is 5.60 Å². The van der Waals surface area contributed by atoms with Crippen LogP contribution in [0.2, 0.25) is 0 Å². The molecule has 91 valence electrons. The highest BCUT2D eigenvalue weighted by molar-refractivity contribution is 5.76. The van der Waals surface area contributed by atoms with Crippen molar-refractivity contribution in [1.29, 1.82) is 0 Å². The van der Waals surface area contributed by atoms with Crippen LogP contribution in [0.1, 0.15) is 33.6 Å². The van der Waals surface area contributed by atoms with Gasteiger partial charge >= 0.3 is 6.09 Å². The Hall–Kier alpha value is -1.59. The van der Waals surface area contributed by atoms with E-state index in [1.807, 2.05) is 0 Å². The Labute approximate surface area is 94.5 Å². The summed E-state index contributed by atoms with van der Waals surface area (Å²) < 4.78 is 4.93. The first-order chi connectivity index (χ1) is 7.24. The number of hydrogen-bond donors (Lipinski definition) is 2. The zero-order valence-corrected chi connectivity index (χ0v) is 9.70. The molecule has 1 atom stereocenters. The summed E-state index contributed by atoms with van der Waals surface area (Å²) in [6.07, 6.45) is 1.02. The summed E-state index contributed by atoms with van der Waals surface area (Å²) in [6.45, 7) is 5.11. The van der Waals surface area contributed by atoms with E-state index < -0.39 is 23.6 Å². The van der Waals surface area contributed by atoms with Gasteiger partial charge in [0.2, 0.25) is 12.2 Å². The fourth-order valence-corrected chi connectivity index (χ4v) is 0.897. The van der Waals surface area contributed by atoms with E-state index >= 15 is 0 Å². The van der Waals surface area contributed by atoms with Gasteiger partial charge in [-0.3, -0.25) is 9.59 Å². The topological polar surface area (TPSA) is 98.5 Å². The number of hydrogen-bond acceptors (Lipinski definition) is 4. The molecular weight excluding hydrogens is 212 g/mol. The Morgan fingerprint density at radius 3 is 2.38 bits per heavy atom. The van der Waals surface area contributed by atoms with Gasteiger partial charge in [-0.2, -0.15) is 0 Å². The molecular formula is C10H17N2O4. The Morgan fingerprint density at radius 2 is 2.00 bits per heavy atom. The Morgan fingerprint density at radius 1 is 1.44 bits per heavy atom. The lowest BCUT2D eigenvalue weighted by Gasteiger charge is -2.21. The van der Waals surface area contributed by atoms with Crippen LogP contribution in [-0.4, -0.2) is 29.9 Å². The molecule has 0 aromatic carbocycles. The van der Waals surface area contributed by atoms with E-state index in [0.717, 1.165) is 0 Å². The lowest BCUT2D eigenvalue weighted by molar-refractivity contribution is -0.118. The number of carbonyl (C=O) groups is 2. The molecule has 6 heteroatoms. The number of primary amides is 1. The van der Waals surface area contributed by atoms with Gasteiger partial charge in [0.25, 0.3) is 0 Å². The van der Waals surface area contributed by atoms with E-state index in [-0.39, 0.29) is 12.8 Å². The Bertz CT molecular complexity index is 270. The van der Waals surface area contributed by atoms with Gasteiger partial charge in [-0.15, -0.1) is 0 Å². The number of nitrogens with two attached hydrogens (primary N) is 1. The van der Waals surface area contributed by atoms with Crippen LogP contribution >= 0.6 is 0 Å². The SMILES string of the molecule is CC(C)(C)OC(=O)NC([C]=O)CCC(N)=O. The normalized spacial score (nSPS) is 12.7. The fourth-order valence-electron chi connectivity index (χ4n) is 0.897. The second-order valence-electron chi connectivity index (χ2n) is 4.32. The van der Waals surface area contributed by atoms with Crippen molar-refractivity contribution in [2.24, 2.45) is 5.73 Å². The first kappa shape index (κ1) is 14.4. The first-order valence-corrected chi connectivity index (χ1v) is 4.90. The van der Waals surface area contributed by atoms with E-state index in [1.54, 1.807) is 27.1 Å². The highest BCUT2D eigenvalue weighted by Gasteiger charge is 2.19. The van der Waals surface area contributed by atoms with E-state index in [2.05, 4.69) is 5.32 Å². The van der Waals surface area contributed by atoms with E-state index in [4.69, 9.17) is 10.5 Å². The highest BCUT2D eigenvalue weighted by atomic mass is 16.6. The molecule has 16 heavy (non-hydrogen) atoms. The van der Waals surface area contributed by atoms with Crippen LogP contribution in [0.25, 0.3) is 0 Å². The summed E-state index contributed by atoms with van der Waals surface area (Å²) in [5.74, 6) is -0.536. The van der Waals surface area contributed by atoms with E-state index in [9.17, 15) is 14.4 Å². The molecule has 2 amide bonds. The molecule has 3 N–H and O–H groups in total. The third-order valence-corrected chi connectivity index (χ3v) is 1.51. The standard InChI is InChI=1S/C10H17N2O4/c1-10(2,3)16-9(15)12-7(6-13)4-5-8(11)14/h7H,4-5H2,1-3H3,(H2,11,14)(H,12,15). The lowest BCUT2D eigenvalue weighted by Crippen LogP contribution is -2.40. The molecule has 0 fully saturated rings. The largest absolute Gasteiger partial charge is 0.444 e. The zero-order valence-electron chi connectivity index (χ0n) is 9.70. The monoisotopic (exact) mass is 229 g/mol. The minimum Gasteiger partial charge on any atom is -0.444 e. The van der Waals surface area contributed by atoms with Gasteiger partial charge in [-0.1, -0.05) is 0 Å². The molecule has 0 saturated carbocycles. The summed E-state index contributed by atoms with van der Waals surface area (Å²) >= 11 is 0. The van der Waals surface area contributed by atoms with Gasteiger partial charge in [0, 0.05) is 6.42 Å². The predicted octanol–water partition coefficient (Wildman–Crippen LogP) is 0.255. The zero-order chi connectivity index (χ0) is 12.8. The second-order valence-corrected chi connectivity index (χ2v) is 4.32. The van der Waals surface area contributed by atoms with Crippen molar-refractivity contribution in [3.63, 3.8) is 0 Å². The minimum absolute atomic E-state index is 0.00963. The Balaban J connectivity index is 4.07. The Kier molecular flexibility index (Phi) is 5.49. The number of rotatable bonds is 5. The van der Waals surface area contributed by atoms with Crippen LogP contribution in [0.3, 0.4) is 0 Å². The van der Waals surface area contributed by atoms with Crippen molar-refractivity contribution in [3.05, 3.63) is 0 Å². The molecule has 0 rings (SSSR count). The van der Waals surface area contributed by atoms with Crippen molar-refractivity contribution in [2.75, 3.05) is 0 Å². The maximum absolute atomic E-state index is 11.2. The summed E-state index contributed by atoms with van der Waals surface area (Å²) in [5.41, 5.74) is 4.28. The second kappa shape index (κ2) is 6.09. The van der Waals surface area contributed by atoms with Gasteiger partial charge in [0.05, 0.1) is 6.04 Å². The lowest BCUT2D eigenvalue weighted by atomic mass is 10.2. The fraction of sp³-hybridized carbons (Fsp3) is 0.700. The molecule has 0 aliphatic heterocycles. The van der Waals surface area contributed by atoms with Gasteiger partial charge in [-0.05, 0) is 27.2 Å². The number of ether oxygens (including phenoxy) is 1. The maximum atomic E-state index is 11.2. The summed E-state index contributed by atoms with van der Waals surface area (Å²) in [5, 5.41) is 2.29.